The molecule has 2 atom stereocenters. The number of hydrogen-bond acceptors (Lipinski definition) is 4. The molecule has 0 bridgehead atoms. The summed E-state index contributed by atoms with van der Waals surface area (Å²) in [5.74, 6) is -0.143. The van der Waals surface area contributed by atoms with Gasteiger partial charge < -0.3 is 14.5 Å². The molecule has 1 fully saturated rings. The van der Waals surface area contributed by atoms with Crippen molar-refractivity contribution in [3.05, 3.63) is 65.5 Å². The molecule has 3 rings (SSSR count). The van der Waals surface area contributed by atoms with Crippen molar-refractivity contribution in [2.45, 2.75) is 63.2 Å². The molecule has 1 aliphatic rings. The fraction of sp³-hybridized carbons (Fsp3) is 0.440. The van der Waals surface area contributed by atoms with E-state index >= 15 is 0 Å². The van der Waals surface area contributed by atoms with Crippen LogP contribution in [0.2, 0.25) is 18.1 Å². The smallest absolute Gasteiger partial charge is 0.305 e. The number of amides is 1. The first kappa shape index (κ1) is 24.0. The van der Waals surface area contributed by atoms with Gasteiger partial charge in [0.1, 0.15) is 11.6 Å². The largest absolute Gasteiger partial charge is 0.544 e. The van der Waals surface area contributed by atoms with Gasteiger partial charge in [-0.3, -0.25) is 9.59 Å². The fourth-order valence-electron chi connectivity index (χ4n) is 3.83. The van der Waals surface area contributed by atoms with E-state index in [9.17, 15) is 14.0 Å². The summed E-state index contributed by atoms with van der Waals surface area (Å²) in [6.45, 7) is 11.0. The van der Waals surface area contributed by atoms with Crippen LogP contribution in [0.3, 0.4) is 0 Å². The molecule has 5 nitrogen and oxygen atoms in total. The van der Waals surface area contributed by atoms with Gasteiger partial charge in [-0.15, -0.1) is 0 Å². The Bertz CT molecular complexity index is 982. The molecule has 0 saturated carbocycles. The number of methoxy groups -OCH3 is 1. The SMILES string of the molecule is COC(=O)CC[C@]1(c2ccc(F)cc2)C(=O)N[C@H]1c1ccc(O[Si](C)(C)C(C)(C)C)cc1. The lowest BCUT2D eigenvalue weighted by molar-refractivity contribution is -0.144. The number of hydrogen-bond donors (Lipinski definition) is 1. The summed E-state index contributed by atoms with van der Waals surface area (Å²) >= 11 is 0. The molecule has 0 aliphatic carbocycles. The quantitative estimate of drug-likeness (QED) is 0.349. The van der Waals surface area contributed by atoms with Crippen molar-refractivity contribution in [1.82, 2.24) is 5.32 Å². The van der Waals surface area contributed by atoms with E-state index in [-0.39, 0.29) is 41.6 Å². The van der Waals surface area contributed by atoms with Gasteiger partial charge in [0.05, 0.1) is 18.6 Å². The Labute approximate surface area is 190 Å². The lowest BCUT2D eigenvalue weighted by Gasteiger charge is -2.49. The van der Waals surface area contributed by atoms with Gasteiger partial charge in [0, 0.05) is 6.42 Å². The Morgan fingerprint density at radius 1 is 1.09 bits per heavy atom. The summed E-state index contributed by atoms with van der Waals surface area (Å²) in [5.41, 5.74) is 0.614. The van der Waals surface area contributed by atoms with Gasteiger partial charge in [-0.05, 0) is 59.9 Å². The second-order valence-electron chi connectivity index (χ2n) is 9.89. The van der Waals surface area contributed by atoms with Crippen molar-refractivity contribution >= 4 is 20.2 Å². The van der Waals surface area contributed by atoms with Crippen LogP contribution in [-0.2, 0) is 19.7 Å². The Morgan fingerprint density at radius 2 is 1.69 bits per heavy atom. The minimum atomic E-state index is -1.97. The van der Waals surface area contributed by atoms with Gasteiger partial charge in [-0.25, -0.2) is 4.39 Å². The molecular formula is C25H32FNO4Si. The number of halogens is 1. The van der Waals surface area contributed by atoms with Crippen LogP contribution in [0, 0.1) is 5.82 Å². The third-order valence-corrected chi connectivity index (χ3v) is 11.2. The predicted octanol–water partition coefficient (Wildman–Crippen LogP) is 5.27. The molecule has 2 aromatic carbocycles. The Morgan fingerprint density at radius 3 is 2.19 bits per heavy atom. The second kappa shape index (κ2) is 8.69. The van der Waals surface area contributed by atoms with Crippen LogP contribution in [0.5, 0.6) is 5.75 Å². The second-order valence-corrected chi connectivity index (χ2v) is 14.6. The fourth-order valence-corrected chi connectivity index (χ4v) is 4.86. The molecule has 32 heavy (non-hydrogen) atoms. The monoisotopic (exact) mass is 457 g/mol. The van der Waals surface area contributed by atoms with Gasteiger partial charge in [0.25, 0.3) is 0 Å². The average molecular weight is 458 g/mol. The van der Waals surface area contributed by atoms with E-state index in [2.05, 4.69) is 39.2 Å². The molecule has 0 spiro atoms. The molecular weight excluding hydrogens is 425 g/mol. The molecule has 1 N–H and O–H groups in total. The van der Waals surface area contributed by atoms with Crippen molar-refractivity contribution in [2.24, 2.45) is 0 Å². The summed E-state index contributed by atoms with van der Waals surface area (Å²) < 4.78 is 24.7. The Hall–Kier alpha value is -2.67. The van der Waals surface area contributed by atoms with Crippen LogP contribution in [0.1, 0.15) is 50.8 Å². The summed E-state index contributed by atoms with van der Waals surface area (Å²) in [7, 11) is -0.642. The Kier molecular flexibility index (Phi) is 6.51. The van der Waals surface area contributed by atoms with Gasteiger partial charge in [0.15, 0.2) is 0 Å². The van der Waals surface area contributed by atoms with E-state index in [4.69, 9.17) is 9.16 Å². The van der Waals surface area contributed by atoms with Gasteiger partial charge in [0.2, 0.25) is 14.2 Å². The normalized spacial score (nSPS) is 20.8. The standard InChI is InChI=1S/C25H32FNO4Si/c1-24(2,3)32(5,6)31-20-13-7-17(8-14-20)22-25(23(29)27-22,16-15-21(28)30-4)18-9-11-19(26)12-10-18/h7-14,22H,15-16H2,1-6H3,(H,27,29)/t22-,25+/m0/s1. The van der Waals surface area contributed by atoms with E-state index in [1.165, 1.54) is 19.2 Å². The van der Waals surface area contributed by atoms with Crippen molar-refractivity contribution < 1.29 is 23.1 Å². The number of rotatable bonds is 7. The highest BCUT2D eigenvalue weighted by atomic mass is 28.4. The van der Waals surface area contributed by atoms with Gasteiger partial charge in [-0.1, -0.05) is 45.0 Å². The van der Waals surface area contributed by atoms with Gasteiger partial charge >= 0.3 is 5.97 Å². The van der Waals surface area contributed by atoms with E-state index < -0.39 is 13.7 Å². The molecule has 1 amide bonds. The third kappa shape index (κ3) is 4.44. The topological polar surface area (TPSA) is 64.6 Å². The highest BCUT2D eigenvalue weighted by Crippen LogP contribution is 2.48. The third-order valence-electron chi connectivity index (χ3n) is 6.88. The number of esters is 1. The molecule has 1 aliphatic heterocycles. The van der Waals surface area contributed by atoms with E-state index in [1.54, 1.807) is 12.1 Å². The number of β-lactam (4-membered cyclic amide) rings is 1. The number of nitrogens with one attached hydrogen (secondary N) is 1. The zero-order valence-electron chi connectivity index (χ0n) is 19.6. The van der Waals surface area contributed by atoms with Crippen molar-refractivity contribution in [2.75, 3.05) is 7.11 Å². The molecule has 172 valence electrons. The average Bonchev–Trinajstić information content (AvgIpc) is 2.73. The molecule has 1 heterocycles. The van der Waals surface area contributed by atoms with Crippen LogP contribution in [0.4, 0.5) is 4.39 Å². The Balaban J connectivity index is 1.92. The van der Waals surface area contributed by atoms with Crippen molar-refractivity contribution in [3.63, 3.8) is 0 Å². The molecule has 0 unspecified atom stereocenters. The molecule has 0 radical (unpaired) electrons. The number of carbonyl (C=O) groups is 2. The highest BCUT2D eigenvalue weighted by molar-refractivity contribution is 6.74. The van der Waals surface area contributed by atoms with Crippen LogP contribution in [0.15, 0.2) is 48.5 Å². The van der Waals surface area contributed by atoms with Crippen molar-refractivity contribution in [1.29, 1.82) is 0 Å². The van der Waals surface area contributed by atoms with Gasteiger partial charge in [-0.2, -0.15) is 0 Å². The molecule has 7 heteroatoms. The number of benzene rings is 2. The lowest BCUT2D eigenvalue weighted by Crippen LogP contribution is -2.64. The van der Waals surface area contributed by atoms with Crippen LogP contribution in [0.25, 0.3) is 0 Å². The zero-order chi connectivity index (χ0) is 23.7. The van der Waals surface area contributed by atoms with Crippen LogP contribution in [-0.4, -0.2) is 27.3 Å². The first-order valence-corrected chi connectivity index (χ1v) is 13.7. The maximum Gasteiger partial charge on any atom is 0.305 e. The van der Waals surface area contributed by atoms with E-state index in [1.807, 2.05) is 24.3 Å². The molecule has 0 aromatic heterocycles. The number of carbonyl (C=O) groups excluding carboxylic acids is 2. The van der Waals surface area contributed by atoms with E-state index in [0.29, 0.717) is 5.56 Å². The summed E-state index contributed by atoms with van der Waals surface area (Å²) in [6.07, 6.45) is 0.356. The zero-order valence-corrected chi connectivity index (χ0v) is 20.6. The minimum absolute atomic E-state index is 0.0826. The maximum absolute atomic E-state index is 13.6. The van der Waals surface area contributed by atoms with Crippen molar-refractivity contribution in [3.8, 4) is 5.75 Å². The first-order chi connectivity index (χ1) is 14.9. The maximum atomic E-state index is 13.6. The lowest BCUT2D eigenvalue weighted by atomic mass is 9.63. The van der Waals surface area contributed by atoms with Crippen LogP contribution >= 0.6 is 0 Å². The summed E-state index contributed by atoms with van der Waals surface area (Å²) in [5, 5.41) is 3.06. The molecule has 2 aromatic rings. The highest BCUT2D eigenvalue weighted by Gasteiger charge is 2.56. The summed E-state index contributed by atoms with van der Waals surface area (Å²) in [4.78, 5) is 24.8. The molecule has 1 saturated heterocycles. The first-order valence-electron chi connectivity index (χ1n) is 10.8. The minimum Gasteiger partial charge on any atom is -0.544 e. The van der Waals surface area contributed by atoms with E-state index in [0.717, 1.165) is 11.3 Å². The summed E-state index contributed by atoms with van der Waals surface area (Å²) in [6, 6.07) is 13.3. The van der Waals surface area contributed by atoms with Crippen LogP contribution < -0.4 is 9.74 Å². The predicted molar refractivity (Wildman–Crippen MR) is 124 cm³/mol. The number of ether oxygens (including phenoxy) is 1.